The van der Waals surface area contributed by atoms with Gasteiger partial charge in [0.15, 0.2) is 0 Å². The molecule has 4 nitrogen and oxygen atoms in total. The van der Waals surface area contributed by atoms with E-state index in [0.29, 0.717) is 13.1 Å². The Balaban J connectivity index is 1.57. The van der Waals surface area contributed by atoms with Crippen LogP contribution in [0.2, 0.25) is 0 Å². The highest BCUT2D eigenvalue weighted by molar-refractivity contribution is 5.80. The highest BCUT2D eigenvalue weighted by atomic mass is 19.4. The van der Waals surface area contributed by atoms with Gasteiger partial charge >= 0.3 is 6.18 Å². The van der Waals surface area contributed by atoms with Crippen LogP contribution in [0.15, 0.2) is 30.5 Å². The Hall–Kier alpha value is -2.05. The van der Waals surface area contributed by atoms with Crippen LogP contribution in [0.4, 0.5) is 13.2 Å². The van der Waals surface area contributed by atoms with Crippen LogP contribution in [-0.4, -0.2) is 35.0 Å². The number of allylic oxidation sites excluding steroid dienone is 2. The predicted molar refractivity (Wildman–Crippen MR) is 76.7 cm³/mol. The number of amides is 1. The molecule has 7 heteroatoms. The van der Waals surface area contributed by atoms with E-state index in [1.54, 1.807) is 4.90 Å². The summed E-state index contributed by atoms with van der Waals surface area (Å²) in [5.41, 5.74) is -0.887. The Morgan fingerprint density at radius 2 is 2.09 bits per heavy atom. The molecule has 0 aromatic carbocycles. The largest absolute Gasteiger partial charge is 0.470 e. The second kappa shape index (κ2) is 6.22. The molecule has 1 saturated heterocycles. The van der Waals surface area contributed by atoms with E-state index < -0.39 is 23.7 Å². The van der Waals surface area contributed by atoms with Crippen LogP contribution in [0.5, 0.6) is 5.88 Å². The Kier molecular flexibility index (Phi) is 4.28. The molecule has 2 heterocycles. The molecule has 1 aliphatic carbocycles. The molecule has 1 aliphatic heterocycles. The van der Waals surface area contributed by atoms with Crippen LogP contribution < -0.4 is 4.74 Å². The summed E-state index contributed by atoms with van der Waals surface area (Å²) in [5.74, 6) is -0.370. The van der Waals surface area contributed by atoms with Crippen molar-refractivity contribution < 1.29 is 22.7 Å². The van der Waals surface area contributed by atoms with Gasteiger partial charge in [-0.2, -0.15) is 13.2 Å². The Morgan fingerprint density at radius 3 is 2.74 bits per heavy atom. The van der Waals surface area contributed by atoms with E-state index in [-0.39, 0.29) is 11.8 Å². The van der Waals surface area contributed by atoms with Crippen LogP contribution >= 0.6 is 0 Å². The molecule has 0 spiro atoms. The molecule has 3 rings (SSSR count). The van der Waals surface area contributed by atoms with Crippen molar-refractivity contribution in [3.8, 4) is 5.88 Å². The average Bonchev–Trinajstić information content (AvgIpc) is 2.50. The maximum absolute atomic E-state index is 12.9. The van der Waals surface area contributed by atoms with Crippen molar-refractivity contribution in [2.45, 2.75) is 31.5 Å². The van der Waals surface area contributed by atoms with Gasteiger partial charge in [0.2, 0.25) is 11.8 Å². The van der Waals surface area contributed by atoms with Crippen molar-refractivity contribution >= 4 is 5.91 Å². The van der Waals surface area contributed by atoms with Gasteiger partial charge in [-0.1, -0.05) is 12.2 Å². The number of aromatic nitrogens is 1. The normalized spacial score (nSPS) is 21.9. The lowest BCUT2D eigenvalue weighted by molar-refractivity contribution is -0.148. The Morgan fingerprint density at radius 1 is 1.30 bits per heavy atom. The summed E-state index contributed by atoms with van der Waals surface area (Å²) in [4.78, 5) is 17.6. The molecule has 0 N–H and O–H groups in total. The van der Waals surface area contributed by atoms with Gasteiger partial charge in [0, 0.05) is 12.1 Å². The first-order valence-electron chi connectivity index (χ1n) is 7.58. The van der Waals surface area contributed by atoms with E-state index >= 15 is 0 Å². The lowest BCUT2D eigenvalue weighted by atomic mass is 9.92. The maximum atomic E-state index is 12.9. The summed E-state index contributed by atoms with van der Waals surface area (Å²) < 4.78 is 44.0. The minimum Gasteiger partial charge on any atom is -0.470 e. The molecule has 1 fully saturated rings. The highest BCUT2D eigenvalue weighted by Gasteiger charge is 2.39. The predicted octanol–water partition coefficient (Wildman–Crippen LogP) is 3.05. The van der Waals surface area contributed by atoms with E-state index in [0.717, 1.165) is 25.3 Å². The second-order valence-corrected chi connectivity index (χ2v) is 5.82. The molecular weight excluding hydrogens is 309 g/mol. The fourth-order valence-electron chi connectivity index (χ4n) is 2.83. The molecule has 124 valence electrons. The van der Waals surface area contributed by atoms with E-state index in [1.165, 1.54) is 12.3 Å². The summed E-state index contributed by atoms with van der Waals surface area (Å²) in [6.07, 6.45) is 2.85. The molecule has 1 atom stereocenters. The minimum absolute atomic E-state index is 0.0125. The van der Waals surface area contributed by atoms with Crippen molar-refractivity contribution in [2.24, 2.45) is 5.92 Å². The number of likely N-dealkylation sites (tertiary alicyclic amines) is 1. The summed E-state index contributed by atoms with van der Waals surface area (Å²) in [5, 5.41) is 0. The smallest absolute Gasteiger partial charge is 0.421 e. The van der Waals surface area contributed by atoms with Gasteiger partial charge < -0.3 is 9.64 Å². The minimum atomic E-state index is -4.50. The third-order valence-electron chi connectivity index (χ3n) is 4.13. The molecule has 0 bridgehead atoms. The first-order valence-corrected chi connectivity index (χ1v) is 7.58. The van der Waals surface area contributed by atoms with Crippen molar-refractivity contribution in [3.05, 3.63) is 36.0 Å². The number of ether oxygens (including phenoxy) is 1. The van der Waals surface area contributed by atoms with Gasteiger partial charge in [0.05, 0.1) is 13.1 Å². The summed E-state index contributed by atoms with van der Waals surface area (Å²) in [6, 6.07) is 2.17. The Labute approximate surface area is 131 Å². The van der Waals surface area contributed by atoms with Crippen molar-refractivity contribution in [1.29, 1.82) is 0 Å². The second-order valence-electron chi connectivity index (χ2n) is 5.82. The molecule has 0 radical (unpaired) electrons. The van der Waals surface area contributed by atoms with Gasteiger partial charge in [-0.15, -0.1) is 0 Å². The summed E-state index contributed by atoms with van der Waals surface area (Å²) in [7, 11) is 0. The number of carbonyl (C=O) groups is 1. The van der Waals surface area contributed by atoms with E-state index in [2.05, 4.69) is 11.1 Å². The first kappa shape index (κ1) is 15.8. The zero-order valence-electron chi connectivity index (χ0n) is 12.4. The van der Waals surface area contributed by atoms with Crippen LogP contribution in [0.1, 0.15) is 24.8 Å². The number of halogens is 3. The lowest BCUT2D eigenvalue weighted by Gasteiger charge is -2.40. The monoisotopic (exact) mass is 326 g/mol. The van der Waals surface area contributed by atoms with Crippen LogP contribution in [0.25, 0.3) is 0 Å². The zero-order valence-corrected chi connectivity index (χ0v) is 12.4. The van der Waals surface area contributed by atoms with E-state index in [4.69, 9.17) is 4.74 Å². The van der Waals surface area contributed by atoms with Crippen LogP contribution in [-0.2, 0) is 11.0 Å². The number of carbonyl (C=O) groups excluding carboxylic acids is 1. The number of nitrogens with zero attached hydrogens (tertiary/aromatic N) is 2. The number of pyridine rings is 1. The molecule has 1 amide bonds. The van der Waals surface area contributed by atoms with Crippen LogP contribution in [0.3, 0.4) is 0 Å². The molecule has 1 aromatic heterocycles. The van der Waals surface area contributed by atoms with Gasteiger partial charge in [-0.05, 0) is 31.4 Å². The van der Waals surface area contributed by atoms with Gasteiger partial charge in [0.1, 0.15) is 11.7 Å². The molecule has 1 aromatic rings. The first-order chi connectivity index (χ1) is 10.9. The van der Waals surface area contributed by atoms with Crippen molar-refractivity contribution in [1.82, 2.24) is 9.88 Å². The molecular formula is C16H17F3N2O2. The Bertz CT molecular complexity index is 610. The molecule has 0 saturated carbocycles. The molecule has 23 heavy (non-hydrogen) atoms. The van der Waals surface area contributed by atoms with Gasteiger partial charge in [-0.25, -0.2) is 4.98 Å². The van der Waals surface area contributed by atoms with Crippen LogP contribution in [0, 0.1) is 5.92 Å². The van der Waals surface area contributed by atoms with E-state index in [1.807, 2.05) is 6.08 Å². The average molecular weight is 326 g/mol. The molecule has 2 aliphatic rings. The fourth-order valence-corrected chi connectivity index (χ4v) is 2.83. The topological polar surface area (TPSA) is 42.4 Å². The number of hydrogen-bond acceptors (Lipinski definition) is 3. The number of rotatable bonds is 3. The van der Waals surface area contributed by atoms with Crippen molar-refractivity contribution in [2.75, 3.05) is 13.1 Å². The SMILES string of the molecule is O=C(C1CC=CCC1)N1CC(Oc2ncccc2C(F)(F)F)C1. The van der Waals surface area contributed by atoms with Crippen molar-refractivity contribution in [3.63, 3.8) is 0 Å². The fraction of sp³-hybridized carbons (Fsp3) is 0.500. The summed E-state index contributed by atoms with van der Waals surface area (Å²) in [6.45, 7) is 0.625. The van der Waals surface area contributed by atoms with E-state index in [9.17, 15) is 18.0 Å². The third-order valence-corrected chi connectivity index (χ3v) is 4.13. The summed E-state index contributed by atoms with van der Waals surface area (Å²) >= 11 is 0. The molecule has 1 unspecified atom stereocenters. The number of hydrogen-bond donors (Lipinski definition) is 0. The van der Waals surface area contributed by atoms with Gasteiger partial charge in [0.25, 0.3) is 0 Å². The lowest BCUT2D eigenvalue weighted by Crippen LogP contribution is -2.57. The third kappa shape index (κ3) is 3.48. The quantitative estimate of drug-likeness (QED) is 0.802. The van der Waals surface area contributed by atoms with Gasteiger partial charge in [-0.3, -0.25) is 4.79 Å². The highest BCUT2D eigenvalue weighted by Crippen LogP contribution is 2.35. The zero-order chi connectivity index (χ0) is 16.4. The standard InChI is InChI=1S/C16H17F3N2O2/c17-16(18,19)13-7-4-8-20-14(13)23-12-9-21(10-12)15(22)11-5-2-1-3-6-11/h1-2,4,7-8,11-12H,3,5-6,9-10H2. The number of alkyl halides is 3. The maximum Gasteiger partial charge on any atom is 0.421 e.